The van der Waals surface area contributed by atoms with Gasteiger partial charge in [0.05, 0.1) is 12.3 Å². The number of nitrogens with zero attached hydrogens (tertiary/aromatic N) is 1. The summed E-state index contributed by atoms with van der Waals surface area (Å²) in [6.45, 7) is 0.707. The Labute approximate surface area is 76.5 Å². The third-order valence-corrected chi connectivity index (χ3v) is 1.42. The van der Waals surface area contributed by atoms with Crippen LogP contribution in [0.4, 0.5) is 0 Å². The molecule has 0 unspecified atom stereocenters. The van der Waals surface area contributed by atoms with Crippen LogP contribution in [0.3, 0.4) is 0 Å². The Bertz CT molecular complexity index is 293. The van der Waals surface area contributed by atoms with E-state index < -0.39 is 0 Å². The fraction of sp³-hybridized carbons (Fsp3) is 0.222. The van der Waals surface area contributed by atoms with Gasteiger partial charge in [-0.3, -0.25) is 0 Å². The van der Waals surface area contributed by atoms with Gasteiger partial charge in [-0.1, -0.05) is 23.6 Å². The van der Waals surface area contributed by atoms with Gasteiger partial charge in [0.25, 0.3) is 0 Å². The highest BCUT2D eigenvalue weighted by Crippen LogP contribution is 2.05. The zero-order valence-corrected chi connectivity index (χ0v) is 7.21. The first-order valence-electron chi connectivity index (χ1n) is 3.45. The molecule has 0 radical (unpaired) electrons. The van der Waals surface area contributed by atoms with Crippen molar-refractivity contribution in [1.82, 2.24) is 4.98 Å². The topological polar surface area (TPSA) is 22.1 Å². The smallest absolute Gasteiger partial charge is 0.129 e. The van der Waals surface area contributed by atoms with Crippen LogP contribution in [0.1, 0.15) is 5.69 Å². The van der Waals surface area contributed by atoms with E-state index in [2.05, 4.69) is 10.9 Å². The summed E-state index contributed by atoms with van der Waals surface area (Å²) in [6.07, 6.45) is 5.00. The summed E-state index contributed by atoms with van der Waals surface area (Å²) in [7, 11) is 0. The Kier molecular flexibility index (Phi) is 3.59. The minimum absolute atomic E-state index is 0.300. The quantitative estimate of drug-likeness (QED) is 0.404. The number of hydrogen-bond donors (Lipinski definition) is 0. The molecule has 2 nitrogen and oxygen atoms in total. The second-order valence-electron chi connectivity index (χ2n) is 2.15. The maximum Gasteiger partial charge on any atom is 0.129 e. The number of hydrogen-bond acceptors (Lipinski definition) is 2. The predicted octanol–water partition coefficient (Wildman–Crippen LogP) is 1.88. The van der Waals surface area contributed by atoms with Crippen LogP contribution >= 0.6 is 11.6 Å². The van der Waals surface area contributed by atoms with Crippen LogP contribution in [0.25, 0.3) is 0 Å². The predicted molar refractivity (Wildman–Crippen MR) is 47.7 cm³/mol. The van der Waals surface area contributed by atoms with Gasteiger partial charge in [-0.05, 0) is 12.1 Å². The lowest BCUT2D eigenvalue weighted by Gasteiger charge is -1.99. The van der Waals surface area contributed by atoms with E-state index in [1.165, 1.54) is 0 Å². The van der Waals surface area contributed by atoms with Crippen molar-refractivity contribution in [2.45, 2.75) is 6.61 Å². The number of halogens is 1. The van der Waals surface area contributed by atoms with E-state index >= 15 is 0 Å². The largest absolute Gasteiger partial charge is 0.363 e. The van der Waals surface area contributed by atoms with Gasteiger partial charge in [-0.15, -0.1) is 6.42 Å². The third-order valence-electron chi connectivity index (χ3n) is 1.21. The molecule has 0 aliphatic carbocycles. The Morgan fingerprint density at radius 2 is 2.42 bits per heavy atom. The molecule has 12 heavy (non-hydrogen) atoms. The monoisotopic (exact) mass is 181 g/mol. The first kappa shape index (κ1) is 9.05. The first-order chi connectivity index (χ1) is 5.83. The first-order valence-corrected chi connectivity index (χ1v) is 3.83. The SMILES string of the molecule is C#CCOCc1cccc(Cl)n1. The number of rotatable bonds is 3. The van der Waals surface area contributed by atoms with E-state index in [0.717, 1.165) is 5.69 Å². The Hall–Kier alpha value is -1.04. The van der Waals surface area contributed by atoms with E-state index in [1.807, 2.05) is 12.1 Å². The van der Waals surface area contributed by atoms with E-state index in [0.29, 0.717) is 18.4 Å². The molecule has 0 N–H and O–H groups in total. The standard InChI is InChI=1S/C9H8ClNO/c1-2-6-12-7-8-4-3-5-9(10)11-8/h1,3-5H,6-7H2. The lowest BCUT2D eigenvalue weighted by Crippen LogP contribution is -1.95. The summed E-state index contributed by atoms with van der Waals surface area (Å²) >= 11 is 5.65. The second-order valence-corrected chi connectivity index (χ2v) is 2.54. The van der Waals surface area contributed by atoms with Crippen molar-refractivity contribution in [2.24, 2.45) is 0 Å². The van der Waals surface area contributed by atoms with E-state index in [1.54, 1.807) is 6.07 Å². The molecule has 0 aromatic carbocycles. The zero-order valence-electron chi connectivity index (χ0n) is 6.46. The molecular formula is C9H8ClNO. The zero-order chi connectivity index (χ0) is 8.81. The Morgan fingerprint density at radius 3 is 3.08 bits per heavy atom. The van der Waals surface area contributed by atoms with Gasteiger partial charge in [-0.25, -0.2) is 4.98 Å². The molecular weight excluding hydrogens is 174 g/mol. The molecule has 0 saturated heterocycles. The average Bonchev–Trinajstić information content (AvgIpc) is 2.05. The van der Waals surface area contributed by atoms with Crippen molar-refractivity contribution in [3.8, 4) is 12.3 Å². The van der Waals surface area contributed by atoms with Gasteiger partial charge < -0.3 is 4.74 Å². The lowest BCUT2D eigenvalue weighted by molar-refractivity contribution is 0.150. The molecule has 0 amide bonds. The van der Waals surface area contributed by atoms with Crippen molar-refractivity contribution in [2.75, 3.05) is 6.61 Å². The minimum Gasteiger partial charge on any atom is -0.363 e. The molecule has 0 bridgehead atoms. The van der Waals surface area contributed by atoms with Gasteiger partial charge in [0.1, 0.15) is 11.8 Å². The molecule has 0 saturated carbocycles. The molecule has 3 heteroatoms. The summed E-state index contributed by atoms with van der Waals surface area (Å²) < 4.78 is 5.07. The molecule has 0 aliphatic heterocycles. The van der Waals surface area contributed by atoms with Crippen LogP contribution in [0.2, 0.25) is 5.15 Å². The normalized spacial score (nSPS) is 9.33. The fourth-order valence-electron chi connectivity index (χ4n) is 0.745. The van der Waals surface area contributed by atoms with Gasteiger partial charge in [0.15, 0.2) is 0 Å². The maximum atomic E-state index is 5.65. The number of pyridine rings is 1. The highest BCUT2D eigenvalue weighted by molar-refractivity contribution is 6.29. The fourth-order valence-corrected chi connectivity index (χ4v) is 0.927. The summed E-state index contributed by atoms with van der Waals surface area (Å²) in [5, 5.41) is 0.469. The molecule has 0 aliphatic rings. The van der Waals surface area contributed by atoms with Crippen molar-refractivity contribution in [3.05, 3.63) is 29.0 Å². The van der Waals surface area contributed by atoms with Crippen LogP contribution in [0.5, 0.6) is 0 Å². The second kappa shape index (κ2) is 4.76. The van der Waals surface area contributed by atoms with Crippen LogP contribution < -0.4 is 0 Å². The maximum absolute atomic E-state index is 5.65. The molecule has 0 fully saturated rings. The Balaban J connectivity index is 2.48. The Morgan fingerprint density at radius 1 is 1.58 bits per heavy atom. The summed E-state index contributed by atoms with van der Waals surface area (Å²) in [5.41, 5.74) is 0.790. The van der Waals surface area contributed by atoms with E-state index in [4.69, 9.17) is 22.8 Å². The van der Waals surface area contributed by atoms with Crippen molar-refractivity contribution < 1.29 is 4.74 Å². The highest BCUT2D eigenvalue weighted by Gasteiger charge is 1.94. The summed E-state index contributed by atoms with van der Waals surface area (Å²) in [6, 6.07) is 5.37. The van der Waals surface area contributed by atoms with Crippen LogP contribution in [0.15, 0.2) is 18.2 Å². The molecule has 1 heterocycles. The molecule has 0 spiro atoms. The van der Waals surface area contributed by atoms with Crippen LogP contribution in [-0.4, -0.2) is 11.6 Å². The molecule has 1 aromatic rings. The van der Waals surface area contributed by atoms with Crippen molar-refractivity contribution in [3.63, 3.8) is 0 Å². The summed E-state index contributed by atoms with van der Waals surface area (Å²) in [4.78, 5) is 4.02. The minimum atomic E-state index is 0.300. The number of terminal acetylenes is 1. The third kappa shape index (κ3) is 2.91. The van der Waals surface area contributed by atoms with Gasteiger partial charge in [0, 0.05) is 0 Å². The molecule has 1 aromatic heterocycles. The number of ether oxygens (including phenoxy) is 1. The highest BCUT2D eigenvalue weighted by atomic mass is 35.5. The van der Waals surface area contributed by atoms with Crippen LogP contribution in [0, 0.1) is 12.3 Å². The van der Waals surface area contributed by atoms with E-state index in [9.17, 15) is 0 Å². The average molecular weight is 182 g/mol. The van der Waals surface area contributed by atoms with Crippen molar-refractivity contribution in [1.29, 1.82) is 0 Å². The van der Waals surface area contributed by atoms with Crippen molar-refractivity contribution >= 4 is 11.6 Å². The van der Waals surface area contributed by atoms with Crippen LogP contribution in [-0.2, 0) is 11.3 Å². The lowest BCUT2D eigenvalue weighted by atomic mass is 10.4. The summed E-state index contributed by atoms with van der Waals surface area (Å²) in [5.74, 6) is 2.37. The molecule has 1 rings (SSSR count). The number of aromatic nitrogens is 1. The van der Waals surface area contributed by atoms with Gasteiger partial charge in [0.2, 0.25) is 0 Å². The van der Waals surface area contributed by atoms with Gasteiger partial charge in [-0.2, -0.15) is 0 Å². The van der Waals surface area contributed by atoms with E-state index in [-0.39, 0.29) is 0 Å². The van der Waals surface area contributed by atoms with Gasteiger partial charge >= 0.3 is 0 Å². The molecule has 62 valence electrons. The molecule has 0 atom stereocenters.